The number of piperazine rings is 1. The van der Waals surface area contributed by atoms with Crippen molar-refractivity contribution in [3.8, 4) is 0 Å². The number of amides is 3. The van der Waals surface area contributed by atoms with Crippen LogP contribution in [0, 0.1) is 0 Å². The van der Waals surface area contributed by atoms with E-state index in [1.54, 1.807) is 34.1 Å². The number of alkyl halides is 1. The number of halogens is 2. The van der Waals surface area contributed by atoms with Gasteiger partial charge in [0.25, 0.3) is 5.91 Å². The molecule has 0 spiro atoms. The molecule has 136 valence electrons. The van der Waals surface area contributed by atoms with Crippen LogP contribution >= 0.6 is 11.6 Å². The van der Waals surface area contributed by atoms with Gasteiger partial charge in [-0.1, -0.05) is 30.5 Å². The molecule has 3 rings (SSSR count). The zero-order valence-electron chi connectivity index (χ0n) is 14.1. The molecule has 1 aliphatic carbocycles. The number of nitrogens with one attached hydrogen (secondary N) is 1. The first-order chi connectivity index (χ1) is 12.0. The molecule has 0 aromatic heterocycles. The highest BCUT2D eigenvalue weighted by Crippen LogP contribution is 2.21. The summed E-state index contributed by atoms with van der Waals surface area (Å²) in [4.78, 5) is 28.2. The highest BCUT2D eigenvalue weighted by atomic mass is 35.5. The fourth-order valence-electron chi connectivity index (χ4n) is 3.41. The van der Waals surface area contributed by atoms with Gasteiger partial charge in [-0.2, -0.15) is 0 Å². The van der Waals surface area contributed by atoms with Gasteiger partial charge in [0.1, 0.15) is 6.17 Å². The van der Waals surface area contributed by atoms with E-state index in [0.717, 1.165) is 12.8 Å². The number of hydrogen-bond acceptors (Lipinski definition) is 2. The zero-order valence-corrected chi connectivity index (χ0v) is 14.8. The van der Waals surface area contributed by atoms with E-state index in [1.165, 1.54) is 0 Å². The van der Waals surface area contributed by atoms with E-state index in [4.69, 9.17) is 11.6 Å². The normalized spacial score (nSPS) is 24.1. The molecule has 1 N–H and O–H groups in total. The number of nitrogens with zero attached hydrogens (tertiary/aromatic N) is 2. The fraction of sp³-hybridized carbons (Fsp3) is 0.556. The number of benzene rings is 1. The quantitative estimate of drug-likeness (QED) is 0.873. The zero-order chi connectivity index (χ0) is 17.8. The van der Waals surface area contributed by atoms with E-state index in [0.29, 0.717) is 49.6 Å². The van der Waals surface area contributed by atoms with Gasteiger partial charge in [0, 0.05) is 36.8 Å². The van der Waals surface area contributed by atoms with Gasteiger partial charge in [0.15, 0.2) is 0 Å². The summed E-state index contributed by atoms with van der Waals surface area (Å²) in [6.45, 7) is 1.81. The molecule has 0 unspecified atom stereocenters. The van der Waals surface area contributed by atoms with E-state index >= 15 is 0 Å². The molecule has 3 amide bonds. The third-order valence-corrected chi connectivity index (χ3v) is 5.15. The van der Waals surface area contributed by atoms with Crippen LogP contribution in [0.2, 0.25) is 5.02 Å². The van der Waals surface area contributed by atoms with Gasteiger partial charge in [-0.05, 0) is 31.0 Å². The number of urea groups is 1. The Hall–Kier alpha value is -1.82. The van der Waals surface area contributed by atoms with E-state index in [-0.39, 0.29) is 18.0 Å². The van der Waals surface area contributed by atoms with Gasteiger partial charge < -0.3 is 15.1 Å². The lowest BCUT2D eigenvalue weighted by atomic mass is 9.94. The Morgan fingerprint density at radius 3 is 2.44 bits per heavy atom. The maximum absolute atomic E-state index is 13.9. The molecule has 1 aliphatic heterocycles. The minimum absolute atomic E-state index is 0.0846. The average molecular weight is 368 g/mol. The van der Waals surface area contributed by atoms with Crippen LogP contribution in [0.5, 0.6) is 0 Å². The van der Waals surface area contributed by atoms with Crippen LogP contribution in [-0.2, 0) is 0 Å². The van der Waals surface area contributed by atoms with Crippen LogP contribution < -0.4 is 5.32 Å². The van der Waals surface area contributed by atoms with Crippen LogP contribution in [0.15, 0.2) is 24.3 Å². The number of carbonyl (C=O) groups excluding carboxylic acids is 2. The number of carbonyl (C=O) groups is 2. The molecule has 2 aliphatic rings. The monoisotopic (exact) mass is 367 g/mol. The average Bonchev–Trinajstić information content (AvgIpc) is 2.63. The molecule has 0 bridgehead atoms. The molecule has 1 saturated carbocycles. The van der Waals surface area contributed by atoms with Crippen molar-refractivity contribution in [3.05, 3.63) is 34.9 Å². The Bertz CT molecular complexity index is 635. The lowest BCUT2D eigenvalue weighted by Gasteiger charge is -2.36. The third kappa shape index (κ3) is 4.42. The van der Waals surface area contributed by atoms with Crippen LogP contribution in [0.1, 0.15) is 36.0 Å². The van der Waals surface area contributed by atoms with Crippen molar-refractivity contribution in [2.75, 3.05) is 26.2 Å². The van der Waals surface area contributed by atoms with Gasteiger partial charge in [0.2, 0.25) is 0 Å². The molecule has 2 atom stereocenters. The SMILES string of the molecule is O=C(N[C@@H]1CCCC[C@H]1F)N1CCN(C(=O)c2cccc(Cl)c2)CC1. The molecule has 1 saturated heterocycles. The van der Waals surface area contributed by atoms with Crippen molar-refractivity contribution in [2.24, 2.45) is 0 Å². The second-order valence-electron chi connectivity index (χ2n) is 6.65. The first-order valence-corrected chi connectivity index (χ1v) is 9.17. The lowest BCUT2D eigenvalue weighted by Crippen LogP contribution is -2.56. The summed E-state index contributed by atoms with van der Waals surface area (Å²) in [5.41, 5.74) is 0.549. The molecule has 0 radical (unpaired) electrons. The lowest BCUT2D eigenvalue weighted by molar-refractivity contribution is 0.0659. The van der Waals surface area contributed by atoms with E-state index < -0.39 is 6.17 Å². The number of rotatable bonds is 2. The van der Waals surface area contributed by atoms with Gasteiger partial charge in [0.05, 0.1) is 6.04 Å². The summed E-state index contributed by atoms with van der Waals surface area (Å²) in [6.07, 6.45) is 2.10. The van der Waals surface area contributed by atoms with Crippen molar-refractivity contribution >= 4 is 23.5 Å². The highest BCUT2D eigenvalue weighted by molar-refractivity contribution is 6.30. The van der Waals surface area contributed by atoms with E-state index in [2.05, 4.69) is 5.32 Å². The minimum atomic E-state index is -0.955. The third-order valence-electron chi connectivity index (χ3n) is 4.92. The van der Waals surface area contributed by atoms with Crippen molar-refractivity contribution < 1.29 is 14.0 Å². The van der Waals surface area contributed by atoms with Crippen LogP contribution in [0.4, 0.5) is 9.18 Å². The fourth-order valence-corrected chi connectivity index (χ4v) is 3.61. The van der Waals surface area contributed by atoms with Gasteiger partial charge in [-0.25, -0.2) is 9.18 Å². The predicted molar refractivity (Wildman–Crippen MR) is 94.6 cm³/mol. The summed E-state index contributed by atoms with van der Waals surface area (Å²) >= 11 is 5.93. The van der Waals surface area contributed by atoms with Crippen LogP contribution in [-0.4, -0.2) is 60.1 Å². The Morgan fingerprint density at radius 1 is 1.08 bits per heavy atom. The van der Waals surface area contributed by atoms with Gasteiger partial charge in [-0.15, -0.1) is 0 Å². The van der Waals surface area contributed by atoms with E-state index in [1.807, 2.05) is 0 Å². The second-order valence-corrected chi connectivity index (χ2v) is 7.08. The van der Waals surface area contributed by atoms with Crippen molar-refractivity contribution in [1.82, 2.24) is 15.1 Å². The molecule has 25 heavy (non-hydrogen) atoms. The maximum atomic E-state index is 13.9. The van der Waals surface area contributed by atoms with Gasteiger partial charge >= 0.3 is 6.03 Å². The Labute approximate surface area is 152 Å². The summed E-state index contributed by atoms with van der Waals surface area (Å²) in [6, 6.07) is 6.24. The first kappa shape index (κ1) is 18.0. The topological polar surface area (TPSA) is 52.7 Å². The van der Waals surface area contributed by atoms with E-state index in [9.17, 15) is 14.0 Å². The van der Waals surface area contributed by atoms with Crippen LogP contribution in [0.25, 0.3) is 0 Å². The van der Waals surface area contributed by atoms with Crippen LogP contribution in [0.3, 0.4) is 0 Å². The maximum Gasteiger partial charge on any atom is 0.317 e. The smallest absolute Gasteiger partial charge is 0.317 e. The molecule has 2 fully saturated rings. The highest BCUT2D eigenvalue weighted by Gasteiger charge is 2.30. The molecule has 1 heterocycles. The first-order valence-electron chi connectivity index (χ1n) is 8.79. The second kappa shape index (κ2) is 8.04. The molecule has 1 aromatic rings. The standard InChI is InChI=1S/C18H23ClFN3O2/c19-14-5-3-4-13(12-14)17(24)22-8-10-23(11-9-22)18(25)21-16-7-2-1-6-15(16)20/h3-5,12,15-16H,1-2,6-11H2,(H,21,25)/t15-,16-/m1/s1. The summed E-state index contributed by atoms with van der Waals surface area (Å²) < 4.78 is 13.9. The minimum Gasteiger partial charge on any atom is -0.335 e. The molecule has 5 nitrogen and oxygen atoms in total. The molecular formula is C18H23ClFN3O2. The summed E-state index contributed by atoms with van der Waals surface area (Å²) in [5, 5.41) is 3.34. The van der Waals surface area contributed by atoms with Crippen molar-refractivity contribution in [1.29, 1.82) is 0 Å². The number of hydrogen-bond donors (Lipinski definition) is 1. The van der Waals surface area contributed by atoms with Crippen molar-refractivity contribution in [2.45, 2.75) is 37.9 Å². The summed E-state index contributed by atoms with van der Waals surface area (Å²) in [5.74, 6) is -0.0846. The molecule has 1 aromatic carbocycles. The summed E-state index contributed by atoms with van der Waals surface area (Å²) in [7, 11) is 0. The molecule has 7 heteroatoms. The Kier molecular flexibility index (Phi) is 5.78. The predicted octanol–water partition coefficient (Wildman–Crippen LogP) is 3.09. The Balaban J connectivity index is 1.51. The Morgan fingerprint density at radius 2 is 1.76 bits per heavy atom. The van der Waals surface area contributed by atoms with Gasteiger partial charge in [-0.3, -0.25) is 4.79 Å². The largest absolute Gasteiger partial charge is 0.335 e. The van der Waals surface area contributed by atoms with Crippen molar-refractivity contribution in [3.63, 3.8) is 0 Å². The molecular weight excluding hydrogens is 345 g/mol.